The van der Waals surface area contributed by atoms with Gasteiger partial charge in [-0.25, -0.2) is 9.78 Å². The van der Waals surface area contributed by atoms with Gasteiger partial charge in [0.2, 0.25) is 0 Å². The van der Waals surface area contributed by atoms with E-state index in [1.807, 2.05) is 6.07 Å². The lowest BCUT2D eigenvalue weighted by molar-refractivity contribution is 0.0600. The second-order valence-electron chi connectivity index (χ2n) is 3.24. The van der Waals surface area contributed by atoms with E-state index in [9.17, 15) is 4.79 Å². The van der Waals surface area contributed by atoms with E-state index in [0.29, 0.717) is 17.1 Å². The molecule has 0 spiro atoms. The average molecular weight is 227 g/mol. The fourth-order valence-electron chi connectivity index (χ4n) is 1.51. The summed E-state index contributed by atoms with van der Waals surface area (Å²) in [4.78, 5) is 15.7. The number of aromatic nitrogens is 2. The first-order valence-corrected chi connectivity index (χ1v) is 4.89. The Balaban J connectivity index is 2.61. The van der Waals surface area contributed by atoms with Crippen LogP contribution in [0.1, 0.15) is 16.1 Å². The summed E-state index contributed by atoms with van der Waals surface area (Å²) in [6.07, 6.45) is 3.23. The monoisotopic (exact) mass is 227 g/mol. The third-order valence-electron chi connectivity index (χ3n) is 2.28. The van der Waals surface area contributed by atoms with Gasteiger partial charge in [-0.3, -0.25) is 4.57 Å². The first kappa shape index (κ1) is 10.9. The van der Waals surface area contributed by atoms with Crippen LogP contribution in [0.5, 0.6) is 0 Å². The zero-order valence-electron chi connectivity index (χ0n) is 9.12. The zero-order valence-corrected chi connectivity index (χ0v) is 9.12. The highest BCUT2D eigenvalue weighted by atomic mass is 16.5. The Kier molecular flexibility index (Phi) is 2.88. The van der Waals surface area contributed by atoms with E-state index in [-0.39, 0.29) is 0 Å². The molecule has 0 radical (unpaired) electrons. The second-order valence-corrected chi connectivity index (χ2v) is 3.24. The molecule has 5 nitrogen and oxygen atoms in total. The molecule has 2 rings (SSSR count). The number of nitriles is 1. The number of esters is 1. The summed E-state index contributed by atoms with van der Waals surface area (Å²) in [5.74, 6) is -0.0911. The van der Waals surface area contributed by atoms with Crippen LogP contribution in [-0.2, 0) is 4.74 Å². The van der Waals surface area contributed by atoms with Gasteiger partial charge in [0.1, 0.15) is 17.3 Å². The Morgan fingerprint density at radius 3 is 3.00 bits per heavy atom. The molecule has 0 bridgehead atoms. The molecule has 0 fully saturated rings. The number of carbonyl (C=O) groups excluding carboxylic acids is 1. The van der Waals surface area contributed by atoms with Gasteiger partial charge in [0.05, 0.1) is 7.11 Å². The fraction of sp³-hybridized carbons (Fsp3) is 0.0833. The van der Waals surface area contributed by atoms with Crippen molar-refractivity contribution in [2.24, 2.45) is 0 Å². The average Bonchev–Trinajstić information content (AvgIpc) is 2.86. The zero-order chi connectivity index (χ0) is 12.3. The van der Waals surface area contributed by atoms with E-state index in [4.69, 9.17) is 5.26 Å². The minimum atomic E-state index is -0.481. The summed E-state index contributed by atoms with van der Waals surface area (Å²) in [6, 6.07) is 8.64. The number of hydrogen-bond acceptors (Lipinski definition) is 4. The normalized spacial score (nSPS) is 9.65. The van der Waals surface area contributed by atoms with Gasteiger partial charge in [-0.2, -0.15) is 5.26 Å². The summed E-state index contributed by atoms with van der Waals surface area (Å²) in [5, 5.41) is 8.94. The van der Waals surface area contributed by atoms with Crippen LogP contribution in [0, 0.1) is 11.3 Å². The van der Waals surface area contributed by atoms with Crippen LogP contribution in [-0.4, -0.2) is 22.6 Å². The topological polar surface area (TPSA) is 67.9 Å². The summed E-state index contributed by atoms with van der Waals surface area (Å²) in [7, 11) is 1.31. The van der Waals surface area contributed by atoms with Gasteiger partial charge >= 0.3 is 5.97 Å². The highest BCUT2D eigenvalue weighted by molar-refractivity contribution is 5.92. The molecule has 5 heteroatoms. The molecule has 0 aliphatic rings. The molecule has 84 valence electrons. The molecule has 0 amide bonds. The molecule has 0 aromatic carbocycles. The van der Waals surface area contributed by atoms with Crippen LogP contribution in [0.4, 0.5) is 0 Å². The lowest BCUT2D eigenvalue weighted by Crippen LogP contribution is -2.09. The Bertz CT molecular complexity index is 596. The smallest absolute Gasteiger partial charge is 0.341 e. The van der Waals surface area contributed by atoms with Gasteiger partial charge in [-0.05, 0) is 24.3 Å². The molecule has 2 aromatic rings. The van der Waals surface area contributed by atoms with Gasteiger partial charge in [-0.15, -0.1) is 0 Å². The lowest BCUT2D eigenvalue weighted by Gasteiger charge is -2.08. The summed E-state index contributed by atoms with van der Waals surface area (Å²) in [6.45, 7) is 0. The van der Waals surface area contributed by atoms with Gasteiger partial charge in [0.15, 0.2) is 5.82 Å². The molecule has 17 heavy (non-hydrogen) atoms. The third kappa shape index (κ3) is 1.88. The first-order valence-electron chi connectivity index (χ1n) is 4.89. The first-order chi connectivity index (χ1) is 8.27. The molecule has 0 aliphatic carbocycles. The van der Waals surface area contributed by atoms with Crippen molar-refractivity contribution in [2.75, 3.05) is 7.11 Å². The summed E-state index contributed by atoms with van der Waals surface area (Å²) in [5.41, 5.74) is 0.733. The standard InChI is InChI=1S/C12H9N3O2/c1-17-12(16)10-5-2-6-14-11(10)15-7-3-4-9(15)8-13/h2-7H,1H3. The maximum Gasteiger partial charge on any atom is 0.341 e. The van der Waals surface area contributed by atoms with E-state index in [0.717, 1.165) is 0 Å². The van der Waals surface area contributed by atoms with Gasteiger partial charge in [-0.1, -0.05) is 0 Å². The summed E-state index contributed by atoms with van der Waals surface area (Å²) < 4.78 is 6.22. The van der Waals surface area contributed by atoms with Crippen LogP contribution in [0.25, 0.3) is 5.82 Å². The molecular formula is C12H9N3O2. The number of carbonyl (C=O) groups is 1. The molecule has 2 heterocycles. The van der Waals surface area contributed by atoms with Crippen molar-refractivity contribution in [2.45, 2.75) is 0 Å². The van der Waals surface area contributed by atoms with Crippen molar-refractivity contribution >= 4 is 5.97 Å². The van der Waals surface area contributed by atoms with Crippen molar-refractivity contribution in [3.05, 3.63) is 47.9 Å². The van der Waals surface area contributed by atoms with Crippen molar-refractivity contribution in [1.29, 1.82) is 5.26 Å². The number of nitrogens with zero attached hydrogens (tertiary/aromatic N) is 3. The van der Waals surface area contributed by atoms with E-state index in [2.05, 4.69) is 9.72 Å². The molecular weight excluding hydrogens is 218 g/mol. The van der Waals surface area contributed by atoms with Gasteiger partial charge in [0.25, 0.3) is 0 Å². The number of methoxy groups -OCH3 is 1. The maximum atomic E-state index is 11.6. The van der Waals surface area contributed by atoms with E-state index in [1.165, 1.54) is 7.11 Å². The van der Waals surface area contributed by atoms with Gasteiger partial charge in [0, 0.05) is 12.4 Å². The Labute approximate surface area is 97.9 Å². The van der Waals surface area contributed by atoms with Crippen molar-refractivity contribution < 1.29 is 9.53 Å². The van der Waals surface area contributed by atoms with Crippen LogP contribution >= 0.6 is 0 Å². The van der Waals surface area contributed by atoms with Crippen LogP contribution in [0.3, 0.4) is 0 Å². The molecule has 0 unspecified atom stereocenters. The van der Waals surface area contributed by atoms with E-state index >= 15 is 0 Å². The number of rotatable bonds is 2. The SMILES string of the molecule is COC(=O)c1cccnc1-n1cccc1C#N. The van der Waals surface area contributed by atoms with E-state index in [1.54, 1.807) is 41.2 Å². The number of ether oxygens (including phenoxy) is 1. The molecule has 0 atom stereocenters. The number of hydrogen-bond donors (Lipinski definition) is 0. The predicted molar refractivity (Wildman–Crippen MR) is 59.6 cm³/mol. The lowest BCUT2D eigenvalue weighted by atomic mass is 10.2. The number of pyridine rings is 1. The van der Waals surface area contributed by atoms with Crippen LogP contribution in [0.15, 0.2) is 36.7 Å². The minimum absolute atomic E-state index is 0.322. The largest absolute Gasteiger partial charge is 0.465 e. The molecule has 0 N–H and O–H groups in total. The van der Waals surface area contributed by atoms with Crippen molar-refractivity contribution in [1.82, 2.24) is 9.55 Å². The minimum Gasteiger partial charge on any atom is -0.465 e. The third-order valence-corrected chi connectivity index (χ3v) is 2.28. The molecule has 2 aromatic heterocycles. The second kappa shape index (κ2) is 4.49. The Morgan fingerprint density at radius 1 is 1.47 bits per heavy atom. The molecule has 0 saturated heterocycles. The quantitative estimate of drug-likeness (QED) is 0.729. The summed E-state index contributed by atoms with van der Waals surface area (Å²) >= 11 is 0. The molecule has 0 saturated carbocycles. The Morgan fingerprint density at radius 2 is 2.29 bits per heavy atom. The van der Waals surface area contributed by atoms with Crippen molar-refractivity contribution in [3.8, 4) is 11.9 Å². The highest BCUT2D eigenvalue weighted by Gasteiger charge is 2.15. The predicted octanol–water partition coefficient (Wildman–Crippen LogP) is 1.53. The van der Waals surface area contributed by atoms with E-state index < -0.39 is 5.97 Å². The van der Waals surface area contributed by atoms with Crippen LogP contribution in [0.2, 0.25) is 0 Å². The fourth-order valence-corrected chi connectivity index (χ4v) is 1.51. The Hall–Kier alpha value is -2.61. The maximum absolute atomic E-state index is 11.6. The van der Waals surface area contributed by atoms with Crippen molar-refractivity contribution in [3.63, 3.8) is 0 Å². The van der Waals surface area contributed by atoms with Gasteiger partial charge < -0.3 is 4.74 Å². The molecule has 0 aliphatic heterocycles. The van der Waals surface area contributed by atoms with Crippen LogP contribution < -0.4 is 0 Å². The highest BCUT2D eigenvalue weighted by Crippen LogP contribution is 2.15.